The molecule has 0 radical (unpaired) electrons. The summed E-state index contributed by atoms with van der Waals surface area (Å²) in [6.45, 7) is 1.80. The fourth-order valence-corrected chi connectivity index (χ4v) is 2.01. The normalized spacial score (nSPS) is 12.0. The average molecular weight is 297 g/mol. The zero-order chi connectivity index (χ0) is 15.4. The summed E-state index contributed by atoms with van der Waals surface area (Å²) < 4.78 is 5.23. The van der Waals surface area contributed by atoms with Crippen LogP contribution in [0.2, 0.25) is 0 Å². The number of hydrogen-bond donors (Lipinski definition) is 2. The van der Waals surface area contributed by atoms with E-state index in [1.165, 1.54) is 6.20 Å². The number of carbonyl (C=O) groups is 1. The van der Waals surface area contributed by atoms with Gasteiger partial charge in [0.1, 0.15) is 5.69 Å². The number of nitrogens with zero attached hydrogens (tertiary/aromatic N) is 3. The topological polar surface area (TPSA) is 96.7 Å². The summed E-state index contributed by atoms with van der Waals surface area (Å²) in [6.07, 6.45) is 2.08. The molecule has 2 heterocycles. The van der Waals surface area contributed by atoms with Crippen molar-refractivity contribution >= 4 is 5.91 Å². The van der Waals surface area contributed by atoms with Crippen LogP contribution in [0.1, 0.15) is 40.7 Å². The Bertz CT molecular complexity index is 736. The van der Waals surface area contributed by atoms with Gasteiger partial charge in [-0.1, -0.05) is 35.5 Å². The molecule has 0 aliphatic heterocycles. The second kappa shape index (κ2) is 6.21. The van der Waals surface area contributed by atoms with Crippen molar-refractivity contribution in [2.75, 3.05) is 0 Å². The van der Waals surface area contributed by atoms with Crippen molar-refractivity contribution in [2.24, 2.45) is 0 Å². The van der Waals surface area contributed by atoms with Crippen LogP contribution in [0.25, 0.3) is 0 Å². The van der Waals surface area contributed by atoms with Gasteiger partial charge in [0, 0.05) is 6.20 Å². The van der Waals surface area contributed by atoms with Crippen molar-refractivity contribution in [2.45, 2.75) is 19.4 Å². The summed E-state index contributed by atoms with van der Waals surface area (Å²) in [5, 5.41) is 13.0. The highest BCUT2D eigenvalue weighted by atomic mass is 16.5. The molecule has 0 saturated carbocycles. The van der Waals surface area contributed by atoms with Crippen LogP contribution in [0, 0.1) is 0 Å². The lowest BCUT2D eigenvalue weighted by molar-refractivity contribution is 0.0933. The highest BCUT2D eigenvalue weighted by Crippen LogP contribution is 2.12. The Hall–Kier alpha value is -2.96. The maximum absolute atomic E-state index is 11.9. The molecule has 0 aliphatic rings. The molecule has 2 N–H and O–H groups in total. The number of hydrogen-bond acceptors (Lipinski definition) is 5. The monoisotopic (exact) mass is 297 g/mol. The third-order valence-electron chi connectivity index (χ3n) is 3.16. The Labute approximate surface area is 126 Å². The fraction of sp³-hybridized carbons (Fsp3) is 0.200. The van der Waals surface area contributed by atoms with E-state index < -0.39 is 0 Å². The number of benzene rings is 1. The number of rotatable bonds is 5. The Kier molecular flexibility index (Phi) is 3.95. The predicted octanol–water partition coefficient (Wildman–Crippen LogP) is 1.87. The lowest BCUT2D eigenvalue weighted by atomic mass is 10.1. The van der Waals surface area contributed by atoms with Crippen LogP contribution in [0.5, 0.6) is 0 Å². The van der Waals surface area contributed by atoms with Crippen LogP contribution in [0.15, 0.2) is 47.1 Å². The van der Waals surface area contributed by atoms with Gasteiger partial charge in [0.25, 0.3) is 5.91 Å². The lowest BCUT2D eigenvalue weighted by Crippen LogP contribution is -2.27. The second-order valence-electron chi connectivity index (χ2n) is 4.87. The molecule has 1 atom stereocenters. The SMILES string of the molecule is C[C@H](NC(=O)c1ccn[nH]1)c1noc(Cc2ccccc2)n1. The van der Waals surface area contributed by atoms with Crippen LogP contribution in [-0.4, -0.2) is 26.2 Å². The highest BCUT2D eigenvalue weighted by Gasteiger charge is 2.17. The Morgan fingerprint density at radius 3 is 2.86 bits per heavy atom. The summed E-state index contributed by atoms with van der Waals surface area (Å²) in [5.74, 6) is 0.696. The van der Waals surface area contributed by atoms with Gasteiger partial charge in [-0.05, 0) is 18.6 Å². The van der Waals surface area contributed by atoms with Crippen molar-refractivity contribution in [3.05, 3.63) is 65.6 Å². The van der Waals surface area contributed by atoms with Gasteiger partial charge in [0.05, 0.1) is 12.5 Å². The van der Waals surface area contributed by atoms with Crippen LogP contribution < -0.4 is 5.32 Å². The lowest BCUT2D eigenvalue weighted by Gasteiger charge is -2.08. The number of carbonyl (C=O) groups excluding carboxylic acids is 1. The fourth-order valence-electron chi connectivity index (χ4n) is 2.01. The van der Waals surface area contributed by atoms with E-state index in [4.69, 9.17) is 4.52 Å². The first-order chi connectivity index (χ1) is 10.7. The predicted molar refractivity (Wildman–Crippen MR) is 78.0 cm³/mol. The number of H-pyrrole nitrogens is 1. The third kappa shape index (κ3) is 3.20. The Balaban J connectivity index is 1.64. The number of aromatic nitrogens is 4. The van der Waals surface area contributed by atoms with Gasteiger partial charge in [-0.25, -0.2) is 0 Å². The quantitative estimate of drug-likeness (QED) is 0.749. The largest absolute Gasteiger partial charge is 0.341 e. The molecular weight excluding hydrogens is 282 g/mol. The van der Waals surface area contributed by atoms with Crippen molar-refractivity contribution in [3.8, 4) is 0 Å². The van der Waals surface area contributed by atoms with Crippen LogP contribution in [0.3, 0.4) is 0 Å². The van der Waals surface area contributed by atoms with E-state index in [1.54, 1.807) is 13.0 Å². The van der Waals surface area contributed by atoms with Crippen LogP contribution >= 0.6 is 0 Å². The van der Waals surface area contributed by atoms with E-state index in [9.17, 15) is 4.79 Å². The first-order valence-corrected chi connectivity index (χ1v) is 6.89. The molecule has 0 unspecified atom stereocenters. The number of aromatic amines is 1. The smallest absolute Gasteiger partial charge is 0.269 e. The molecule has 0 spiro atoms. The maximum atomic E-state index is 11.9. The molecule has 7 heteroatoms. The maximum Gasteiger partial charge on any atom is 0.269 e. The van der Waals surface area contributed by atoms with Crippen molar-refractivity contribution < 1.29 is 9.32 Å². The summed E-state index contributed by atoms with van der Waals surface area (Å²) in [7, 11) is 0. The molecule has 0 fully saturated rings. The first-order valence-electron chi connectivity index (χ1n) is 6.89. The van der Waals surface area contributed by atoms with E-state index in [-0.39, 0.29) is 11.9 Å². The van der Waals surface area contributed by atoms with Gasteiger partial charge in [-0.2, -0.15) is 10.1 Å². The molecule has 3 aromatic rings. The molecule has 0 aliphatic carbocycles. The van der Waals surface area contributed by atoms with E-state index >= 15 is 0 Å². The van der Waals surface area contributed by atoms with E-state index in [0.29, 0.717) is 23.8 Å². The molecule has 22 heavy (non-hydrogen) atoms. The van der Waals surface area contributed by atoms with Gasteiger partial charge in [0.2, 0.25) is 5.89 Å². The van der Waals surface area contributed by atoms with Gasteiger partial charge >= 0.3 is 0 Å². The molecule has 7 nitrogen and oxygen atoms in total. The minimum atomic E-state index is -0.357. The highest BCUT2D eigenvalue weighted by molar-refractivity contribution is 5.92. The van der Waals surface area contributed by atoms with Crippen molar-refractivity contribution in [1.82, 2.24) is 25.7 Å². The summed E-state index contributed by atoms with van der Waals surface area (Å²) in [5.41, 5.74) is 1.48. The zero-order valence-corrected chi connectivity index (χ0v) is 12.0. The van der Waals surface area contributed by atoms with Gasteiger partial charge in [0.15, 0.2) is 5.82 Å². The average Bonchev–Trinajstić information content (AvgIpc) is 3.19. The first kappa shape index (κ1) is 14.0. The Morgan fingerprint density at radius 1 is 1.32 bits per heavy atom. The van der Waals surface area contributed by atoms with Gasteiger partial charge < -0.3 is 9.84 Å². The molecule has 0 bridgehead atoms. The molecule has 0 saturated heterocycles. The van der Waals surface area contributed by atoms with Crippen molar-refractivity contribution in [1.29, 1.82) is 0 Å². The zero-order valence-electron chi connectivity index (χ0n) is 12.0. The summed E-state index contributed by atoms with van der Waals surface area (Å²) >= 11 is 0. The minimum absolute atomic E-state index is 0.264. The molecule has 3 rings (SSSR count). The summed E-state index contributed by atoms with van der Waals surface area (Å²) in [6, 6.07) is 11.1. The van der Waals surface area contributed by atoms with Gasteiger partial charge in [-0.15, -0.1) is 0 Å². The summed E-state index contributed by atoms with van der Waals surface area (Å²) in [4.78, 5) is 16.2. The van der Waals surface area contributed by atoms with E-state index in [2.05, 4.69) is 25.7 Å². The molecule has 112 valence electrons. The molecule has 2 aromatic heterocycles. The van der Waals surface area contributed by atoms with E-state index in [1.807, 2.05) is 30.3 Å². The Morgan fingerprint density at radius 2 is 2.14 bits per heavy atom. The molecule has 1 aromatic carbocycles. The third-order valence-corrected chi connectivity index (χ3v) is 3.16. The molecular formula is C15H15N5O2. The number of amides is 1. The van der Waals surface area contributed by atoms with Crippen LogP contribution in [0.4, 0.5) is 0 Å². The van der Waals surface area contributed by atoms with Crippen molar-refractivity contribution in [3.63, 3.8) is 0 Å². The van der Waals surface area contributed by atoms with Gasteiger partial charge in [-0.3, -0.25) is 9.89 Å². The standard InChI is InChI=1S/C15H15N5O2/c1-10(17-15(21)12-7-8-16-19-12)14-18-13(22-20-14)9-11-5-3-2-4-6-11/h2-8,10H,9H2,1H3,(H,16,19)(H,17,21)/t10-/m0/s1. The van der Waals surface area contributed by atoms with E-state index in [0.717, 1.165) is 5.56 Å². The molecule has 1 amide bonds. The minimum Gasteiger partial charge on any atom is -0.341 e. The number of nitrogens with one attached hydrogen (secondary N) is 2. The second-order valence-corrected chi connectivity index (χ2v) is 4.87. The van der Waals surface area contributed by atoms with Crippen LogP contribution in [-0.2, 0) is 6.42 Å².